The standard InChI is InChI=1S/C24H38N4O/c1-24(2,21-11-7-8-12-21)18-27-23(25-3)26-16-20-15-22(29)28(17-20)14-13-19-9-5-4-6-10-19/h4-6,9-10,20-21H,7-8,11-18H2,1-3H3,(H2,25,26,27). The number of nitrogens with one attached hydrogen (secondary N) is 2. The molecule has 1 unspecified atom stereocenters. The first-order valence-corrected chi connectivity index (χ1v) is 11.2. The SMILES string of the molecule is CN=C(NCC1CC(=O)N(CCc2ccccc2)C1)NCC(C)(C)C1CCCC1. The normalized spacial score (nSPS) is 21.1. The van der Waals surface area contributed by atoms with E-state index in [1.807, 2.05) is 18.0 Å². The zero-order valence-electron chi connectivity index (χ0n) is 18.4. The maximum atomic E-state index is 12.4. The van der Waals surface area contributed by atoms with Crippen molar-refractivity contribution in [2.45, 2.75) is 52.4 Å². The second-order valence-corrected chi connectivity index (χ2v) is 9.42. The summed E-state index contributed by atoms with van der Waals surface area (Å²) in [5.74, 6) is 2.28. The summed E-state index contributed by atoms with van der Waals surface area (Å²) in [6.07, 6.45) is 7.00. The Morgan fingerprint density at radius 1 is 1.17 bits per heavy atom. The maximum absolute atomic E-state index is 12.4. The van der Waals surface area contributed by atoms with Crippen LogP contribution < -0.4 is 10.6 Å². The molecule has 1 atom stereocenters. The van der Waals surface area contributed by atoms with Gasteiger partial charge < -0.3 is 15.5 Å². The highest BCUT2D eigenvalue weighted by molar-refractivity contribution is 5.80. The summed E-state index contributed by atoms with van der Waals surface area (Å²) >= 11 is 0. The van der Waals surface area contributed by atoms with Crippen LogP contribution in [-0.2, 0) is 11.2 Å². The van der Waals surface area contributed by atoms with E-state index in [0.29, 0.717) is 12.3 Å². The molecule has 2 N–H and O–H groups in total. The number of guanidine groups is 1. The minimum Gasteiger partial charge on any atom is -0.356 e. The molecule has 1 amide bonds. The fourth-order valence-electron chi connectivity index (χ4n) is 4.74. The summed E-state index contributed by atoms with van der Waals surface area (Å²) in [6.45, 7) is 8.10. The van der Waals surface area contributed by atoms with Crippen LogP contribution in [0.4, 0.5) is 0 Å². The molecule has 0 spiro atoms. The average Bonchev–Trinajstić information content (AvgIpc) is 3.38. The molecular formula is C24H38N4O. The van der Waals surface area contributed by atoms with Crippen molar-refractivity contribution in [2.24, 2.45) is 22.2 Å². The number of likely N-dealkylation sites (tertiary alicyclic amines) is 1. The van der Waals surface area contributed by atoms with Gasteiger partial charge in [0.15, 0.2) is 5.96 Å². The third-order valence-electron chi connectivity index (χ3n) is 6.76. The number of amides is 1. The predicted octanol–water partition coefficient (Wildman–Crippen LogP) is 3.46. The fraction of sp³-hybridized carbons (Fsp3) is 0.667. The molecule has 1 saturated heterocycles. The van der Waals surface area contributed by atoms with Crippen molar-refractivity contribution in [3.63, 3.8) is 0 Å². The molecule has 5 heteroatoms. The van der Waals surface area contributed by atoms with Gasteiger partial charge in [-0.15, -0.1) is 0 Å². The quantitative estimate of drug-likeness (QED) is 0.521. The molecule has 3 rings (SSSR count). The number of aliphatic imine (C=N–C) groups is 1. The number of benzene rings is 1. The van der Waals surface area contributed by atoms with Gasteiger partial charge in [0.25, 0.3) is 0 Å². The first kappa shape index (κ1) is 21.7. The molecule has 1 aromatic rings. The lowest BCUT2D eigenvalue weighted by Crippen LogP contribution is -2.45. The van der Waals surface area contributed by atoms with Crippen LogP contribution in [0.5, 0.6) is 0 Å². The van der Waals surface area contributed by atoms with E-state index in [4.69, 9.17) is 0 Å². The molecule has 160 valence electrons. The zero-order valence-corrected chi connectivity index (χ0v) is 18.4. The van der Waals surface area contributed by atoms with Crippen molar-refractivity contribution in [2.75, 3.05) is 33.2 Å². The molecular weight excluding hydrogens is 360 g/mol. The molecule has 29 heavy (non-hydrogen) atoms. The largest absolute Gasteiger partial charge is 0.356 e. The maximum Gasteiger partial charge on any atom is 0.223 e. The topological polar surface area (TPSA) is 56.7 Å². The summed E-state index contributed by atoms with van der Waals surface area (Å²) in [5.41, 5.74) is 1.57. The predicted molar refractivity (Wildman–Crippen MR) is 120 cm³/mol. The highest BCUT2D eigenvalue weighted by Crippen LogP contribution is 2.38. The molecule has 1 saturated carbocycles. The first-order chi connectivity index (χ1) is 14.0. The van der Waals surface area contributed by atoms with E-state index in [1.165, 1.54) is 31.2 Å². The molecule has 0 radical (unpaired) electrons. The average molecular weight is 399 g/mol. The smallest absolute Gasteiger partial charge is 0.223 e. The van der Waals surface area contributed by atoms with E-state index in [-0.39, 0.29) is 11.3 Å². The second kappa shape index (κ2) is 10.1. The van der Waals surface area contributed by atoms with Crippen molar-refractivity contribution in [1.29, 1.82) is 0 Å². The second-order valence-electron chi connectivity index (χ2n) is 9.42. The summed E-state index contributed by atoms with van der Waals surface area (Å²) in [5, 5.41) is 6.97. The van der Waals surface area contributed by atoms with Crippen molar-refractivity contribution < 1.29 is 4.79 Å². The van der Waals surface area contributed by atoms with Crippen LogP contribution in [0.1, 0.15) is 51.5 Å². The zero-order chi connectivity index (χ0) is 20.7. The van der Waals surface area contributed by atoms with E-state index in [2.05, 4.69) is 53.7 Å². The first-order valence-electron chi connectivity index (χ1n) is 11.2. The lowest BCUT2D eigenvalue weighted by molar-refractivity contribution is -0.127. The number of rotatable bonds is 8. The van der Waals surface area contributed by atoms with Crippen LogP contribution in [0, 0.1) is 17.3 Å². The Balaban J connectivity index is 1.40. The van der Waals surface area contributed by atoms with Crippen molar-refractivity contribution >= 4 is 11.9 Å². The van der Waals surface area contributed by atoms with Gasteiger partial charge in [0.1, 0.15) is 0 Å². The molecule has 0 bridgehead atoms. The monoisotopic (exact) mass is 398 g/mol. The van der Waals surface area contributed by atoms with Crippen LogP contribution in [0.25, 0.3) is 0 Å². The molecule has 2 fully saturated rings. The summed E-state index contributed by atoms with van der Waals surface area (Å²) in [4.78, 5) is 18.8. The summed E-state index contributed by atoms with van der Waals surface area (Å²) in [7, 11) is 1.82. The third kappa shape index (κ3) is 6.22. The Kier molecular flexibility index (Phi) is 7.57. The molecule has 5 nitrogen and oxygen atoms in total. The van der Waals surface area contributed by atoms with Gasteiger partial charge in [0.05, 0.1) is 0 Å². The van der Waals surface area contributed by atoms with Gasteiger partial charge in [-0.25, -0.2) is 0 Å². The van der Waals surface area contributed by atoms with Gasteiger partial charge in [-0.2, -0.15) is 0 Å². The van der Waals surface area contributed by atoms with E-state index in [0.717, 1.165) is 44.5 Å². The highest BCUT2D eigenvalue weighted by Gasteiger charge is 2.32. The number of carbonyl (C=O) groups is 1. The Morgan fingerprint density at radius 2 is 1.90 bits per heavy atom. The lowest BCUT2D eigenvalue weighted by atomic mass is 9.78. The van der Waals surface area contributed by atoms with E-state index in [1.54, 1.807) is 0 Å². The number of hydrogen-bond acceptors (Lipinski definition) is 2. The Morgan fingerprint density at radius 3 is 2.59 bits per heavy atom. The highest BCUT2D eigenvalue weighted by atomic mass is 16.2. The van der Waals surface area contributed by atoms with E-state index >= 15 is 0 Å². The summed E-state index contributed by atoms with van der Waals surface area (Å²) < 4.78 is 0. The van der Waals surface area contributed by atoms with Crippen LogP contribution in [-0.4, -0.2) is 50.0 Å². The van der Waals surface area contributed by atoms with Crippen molar-refractivity contribution in [3.8, 4) is 0 Å². The van der Waals surface area contributed by atoms with Gasteiger partial charge in [0, 0.05) is 45.6 Å². The molecule has 1 aliphatic carbocycles. The van der Waals surface area contributed by atoms with Crippen LogP contribution in [0.3, 0.4) is 0 Å². The lowest BCUT2D eigenvalue weighted by Gasteiger charge is -2.32. The van der Waals surface area contributed by atoms with Gasteiger partial charge >= 0.3 is 0 Å². The molecule has 2 aliphatic rings. The Bertz CT molecular complexity index is 679. The minimum absolute atomic E-state index is 0.276. The molecule has 1 aliphatic heterocycles. The van der Waals surface area contributed by atoms with E-state index in [9.17, 15) is 4.79 Å². The Labute approximate surface area is 176 Å². The van der Waals surface area contributed by atoms with Crippen LogP contribution >= 0.6 is 0 Å². The summed E-state index contributed by atoms with van der Waals surface area (Å²) in [6, 6.07) is 10.4. The third-order valence-corrected chi connectivity index (χ3v) is 6.76. The van der Waals surface area contributed by atoms with Crippen LogP contribution in [0.15, 0.2) is 35.3 Å². The number of nitrogens with zero attached hydrogens (tertiary/aromatic N) is 2. The van der Waals surface area contributed by atoms with Crippen molar-refractivity contribution in [1.82, 2.24) is 15.5 Å². The Hall–Kier alpha value is -2.04. The minimum atomic E-state index is 0.276. The molecule has 0 aromatic heterocycles. The number of carbonyl (C=O) groups excluding carboxylic acids is 1. The van der Waals surface area contributed by atoms with Crippen LogP contribution in [0.2, 0.25) is 0 Å². The number of hydrogen-bond donors (Lipinski definition) is 2. The fourth-order valence-corrected chi connectivity index (χ4v) is 4.74. The van der Waals surface area contributed by atoms with Gasteiger partial charge in [-0.05, 0) is 36.2 Å². The molecule has 1 aromatic carbocycles. The van der Waals surface area contributed by atoms with Gasteiger partial charge in [-0.1, -0.05) is 57.0 Å². The van der Waals surface area contributed by atoms with Gasteiger partial charge in [-0.3, -0.25) is 9.79 Å². The van der Waals surface area contributed by atoms with E-state index < -0.39 is 0 Å². The molecule has 1 heterocycles. The van der Waals surface area contributed by atoms with Crippen molar-refractivity contribution in [3.05, 3.63) is 35.9 Å². The van der Waals surface area contributed by atoms with Gasteiger partial charge in [0.2, 0.25) is 5.91 Å².